The van der Waals surface area contributed by atoms with Gasteiger partial charge in [0.1, 0.15) is 0 Å². The molecule has 0 aromatic heterocycles. The summed E-state index contributed by atoms with van der Waals surface area (Å²) in [6.07, 6.45) is 4.50. The molecule has 82 valence electrons. The first kappa shape index (κ1) is 11.5. The summed E-state index contributed by atoms with van der Waals surface area (Å²) in [5.41, 5.74) is 0. The highest BCUT2D eigenvalue weighted by molar-refractivity contribution is 5.80. The monoisotopic (exact) mass is 198 g/mol. The van der Waals surface area contributed by atoms with E-state index in [1.165, 1.54) is 0 Å². The highest BCUT2D eigenvalue weighted by atomic mass is 16.2. The summed E-state index contributed by atoms with van der Waals surface area (Å²) < 4.78 is 0. The Morgan fingerprint density at radius 3 is 2.43 bits per heavy atom. The lowest BCUT2D eigenvalue weighted by Crippen LogP contribution is -2.37. The Balaban J connectivity index is 1.95. The molecule has 0 spiro atoms. The van der Waals surface area contributed by atoms with E-state index in [-0.39, 0.29) is 5.91 Å². The van der Waals surface area contributed by atoms with E-state index >= 15 is 0 Å². The van der Waals surface area contributed by atoms with E-state index in [0.717, 1.165) is 38.8 Å². The normalized spacial score (nSPS) is 15.9. The molecule has 0 atom stereocenters. The third-order valence-corrected chi connectivity index (χ3v) is 2.79. The van der Waals surface area contributed by atoms with Crippen molar-refractivity contribution in [1.29, 1.82) is 0 Å². The lowest BCUT2D eigenvalue weighted by atomic mass is 10.2. The van der Waals surface area contributed by atoms with Gasteiger partial charge in [0.15, 0.2) is 0 Å². The van der Waals surface area contributed by atoms with Crippen LogP contribution in [-0.2, 0) is 4.79 Å². The van der Waals surface area contributed by atoms with Gasteiger partial charge in [-0.25, -0.2) is 0 Å². The minimum Gasteiger partial charge on any atom is -0.355 e. The van der Waals surface area contributed by atoms with E-state index < -0.39 is 0 Å². The second-order valence-corrected chi connectivity index (χ2v) is 4.03. The van der Waals surface area contributed by atoms with Crippen LogP contribution in [0.1, 0.15) is 39.5 Å². The van der Waals surface area contributed by atoms with Crippen LogP contribution in [-0.4, -0.2) is 25.0 Å². The number of rotatable bonds is 7. The maximum Gasteiger partial charge on any atom is 0.223 e. The summed E-state index contributed by atoms with van der Waals surface area (Å²) in [6.45, 7) is 6.03. The van der Waals surface area contributed by atoms with Crippen molar-refractivity contribution in [3.63, 3.8) is 0 Å². The molecule has 0 radical (unpaired) electrons. The van der Waals surface area contributed by atoms with Crippen LogP contribution >= 0.6 is 0 Å². The van der Waals surface area contributed by atoms with Crippen molar-refractivity contribution in [1.82, 2.24) is 10.6 Å². The van der Waals surface area contributed by atoms with E-state index in [0.29, 0.717) is 12.0 Å². The molecule has 14 heavy (non-hydrogen) atoms. The first-order valence-corrected chi connectivity index (χ1v) is 5.79. The molecule has 0 heterocycles. The predicted molar refractivity (Wildman–Crippen MR) is 58.1 cm³/mol. The predicted octanol–water partition coefficient (Wildman–Crippen LogP) is 1.29. The molecule has 0 aromatic carbocycles. The number of hydrogen-bond acceptors (Lipinski definition) is 2. The smallest absolute Gasteiger partial charge is 0.223 e. The average molecular weight is 198 g/mol. The maximum absolute atomic E-state index is 11.3. The van der Waals surface area contributed by atoms with Gasteiger partial charge < -0.3 is 10.6 Å². The summed E-state index contributed by atoms with van der Waals surface area (Å²) in [4.78, 5) is 11.3. The summed E-state index contributed by atoms with van der Waals surface area (Å²) in [6, 6.07) is 0.604. The number of carbonyl (C=O) groups excluding carboxylic acids is 1. The van der Waals surface area contributed by atoms with Crippen molar-refractivity contribution < 1.29 is 4.79 Å². The summed E-state index contributed by atoms with van der Waals surface area (Å²) in [7, 11) is 0. The molecule has 0 unspecified atom stereocenters. The van der Waals surface area contributed by atoms with Crippen molar-refractivity contribution in [2.24, 2.45) is 5.92 Å². The lowest BCUT2D eigenvalue weighted by molar-refractivity contribution is -0.122. The first-order chi connectivity index (χ1) is 6.77. The molecule has 1 fully saturated rings. The molecule has 0 bridgehead atoms. The van der Waals surface area contributed by atoms with Crippen LogP contribution in [0.3, 0.4) is 0 Å². The summed E-state index contributed by atoms with van der Waals surface area (Å²) >= 11 is 0. The molecule has 1 saturated carbocycles. The fourth-order valence-corrected chi connectivity index (χ4v) is 1.53. The van der Waals surface area contributed by atoms with E-state index in [1.54, 1.807) is 0 Å². The number of hydrogen-bond donors (Lipinski definition) is 2. The Labute approximate surface area is 86.6 Å². The van der Waals surface area contributed by atoms with Gasteiger partial charge >= 0.3 is 0 Å². The Hall–Kier alpha value is -0.570. The molecule has 2 N–H and O–H groups in total. The third-order valence-electron chi connectivity index (χ3n) is 2.79. The molecular formula is C11H22N2O. The number of amides is 1. The Kier molecular flexibility index (Phi) is 4.94. The Bertz CT molecular complexity index is 174. The third kappa shape index (κ3) is 4.09. The zero-order chi connectivity index (χ0) is 10.4. The standard InChI is InChI=1S/C11H22N2O/c1-3-10(4-2)12-7-8-13-11(14)9-5-6-9/h9-10,12H,3-8H2,1-2H3,(H,13,14). The molecule has 1 amide bonds. The molecule has 0 saturated heterocycles. The van der Waals surface area contributed by atoms with Crippen molar-refractivity contribution in [3.8, 4) is 0 Å². The SMILES string of the molecule is CCC(CC)NCCNC(=O)C1CC1. The number of nitrogens with one attached hydrogen (secondary N) is 2. The molecule has 1 aliphatic rings. The van der Waals surface area contributed by atoms with Gasteiger partial charge in [0.25, 0.3) is 0 Å². The molecule has 0 aliphatic heterocycles. The Morgan fingerprint density at radius 2 is 1.93 bits per heavy atom. The fraction of sp³-hybridized carbons (Fsp3) is 0.909. The summed E-state index contributed by atoms with van der Waals surface area (Å²) in [5, 5.41) is 6.37. The van der Waals surface area contributed by atoms with Gasteiger partial charge in [-0.2, -0.15) is 0 Å². The van der Waals surface area contributed by atoms with Crippen LogP contribution < -0.4 is 10.6 Å². The van der Waals surface area contributed by atoms with Crippen LogP contribution in [0, 0.1) is 5.92 Å². The maximum atomic E-state index is 11.3. The van der Waals surface area contributed by atoms with Gasteiger partial charge in [-0.3, -0.25) is 4.79 Å². The highest BCUT2D eigenvalue weighted by Gasteiger charge is 2.28. The van der Waals surface area contributed by atoms with Crippen molar-refractivity contribution in [3.05, 3.63) is 0 Å². The van der Waals surface area contributed by atoms with Crippen molar-refractivity contribution in [2.45, 2.75) is 45.6 Å². The van der Waals surface area contributed by atoms with Crippen LogP contribution in [0.5, 0.6) is 0 Å². The number of carbonyl (C=O) groups is 1. The van der Waals surface area contributed by atoms with Crippen molar-refractivity contribution >= 4 is 5.91 Å². The molecule has 1 rings (SSSR count). The van der Waals surface area contributed by atoms with Crippen LogP contribution in [0.4, 0.5) is 0 Å². The van der Waals surface area contributed by atoms with Crippen molar-refractivity contribution in [2.75, 3.05) is 13.1 Å². The van der Waals surface area contributed by atoms with Gasteiger partial charge in [0, 0.05) is 25.0 Å². The molecule has 3 nitrogen and oxygen atoms in total. The zero-order valence-corrected chi connectivity index (χ0v) is 9.31. The fourth-order valence-electron chi connectivity index (χ4n) is 1.53. The minimum absolute atomic E-state index is 0.247. The molecule has 0 aromatic rings. The average Bonchev–Trinajstić information content (AvgIpc) is 3.01. The lowest BCUT2D eigenvalue weighted by Gasteiger charge is -2.14. The van der Waals surface area contributed by atoms with E-state index in [9.17, 15) is 4.79 Å². The Morgan fingerprint density at radius 1 is 1.29 bits per heavy atom. The molecule has 1 aliphatic carbocycles. The topological polar surface area (TPSA) is 41.1 Å². The van der Waals surface area contributed by atoms with E-state index in [1.807, 2.05) is 0 Å². The van der Waals surface area contributed by atoms with E-state index in [4.69, 9.17) is 0 Å². The van der Waals surface area contributed by atoms with Crippen LogP contribution in [0.25, 0.3) is 0 Å². The van der Waals surface area contributed by atoms with Gasteiger partial charge in [0.05, 0.1) is 0 Å². The van der Waals surface area contributed by atoms with Gasteiger partial charge in [-0.15, -0.1) is 0 Å². The van der Waals surface area contributed by atoms with E-state index in [2.05, 4.69) is 24.5 Å². The second-order valence-electron chi connectivity index (χ2n) is 4.03. The van der Waals surface area contributed by atoms with Crippen LogP contribution in [0.15, 0.2) is 0 Å². The van der Waals surface area contributed by atoms with Crippen LogP contribution in [0.2, 0.25) is 0 Å². The summed E-state index contributed by atoms with van der Waals surface area (Å²) in [5.74, 6) is 0.583. The largest absolute Gasteiger partial charge is 0.355 e. The molecule has 3 heteroatoms. The first-order valence-electron chi connectivity index (χ1n) is 5.79. The van der Waals surface area contributed by atoms with Gasteiger partial charge in [-0.05, 0) is 25.7 Å². The van der Waals surface area contributed by atoms with Gasteiger partial charge in [0.2, 0.25) is 5.91 Å². The quantitative estimate of drug-likeness (QED) is 0.605. The minimum atomic E-state index is 0.247. The van der Waals surface area contributed by atoms with Gasteiger partial charge in [-0.1, -0.05) is 13.8 Å². The second kappa shape index (κ2) is 6.02. The zero-order valence-electron chi connectivity index (χ0n) is 9.31. The molecular weight excluding hydrogens is 176 g/mol. The highest BCUT2D eigenvalue weighted by Crippen LogP contribution is 2.28.